The number of rotatable bonds is 4. The molecule has 0 fully saturated rings. The quantitative estimate of drug-likeness (QED) is 0.612. The number of nitro groups is 1. The SMILES string of the molecule is COc1cc(-c2cccc([N+](=O)[O-])c2)cc(C(C)(C)C)c1OC. The van der Waals surface area contributed by atoms with Crippen LogP contribution in [0, 0.1) is 10.1 Å². The molecular weight excluding hydrogens is 294 g/mol. The third-order valence-corrected chi connectivity index (χ3v) is 3.68. The van der Waals surface area contributed by atoms with Gasteiger partial charge in [0.2, 0.25) is 0 Å². The molecule has 122 valence electrons. The molecule has 5 nitrogen and oxygen atoms in total. The maximum Gasteiger partial charge on any atom is 0.270 e. The van der Waals surface area contributed by atoms with E-state index in [1.165, 1.54) is 6.07 Å². The minimum absolute atomic E-state index is 0.0644. The fourth-order valence-corrected chi connectivity index (χ4v) is 2.49. The predicted molar refractivity (Wildman–Crippen MR) is 90.3 cm³/mol. The van der Waals surface area contributed by atoms with E-state index < -0.39 is 4.92 Å². The predicted octanol–water partition coefficient (Wildman–Crippen LogP) is 4.58. The van der Waals surface area contributed by atoms with Crippen LogP contribution in [-0.2, 0) is 5.41 Å². The summed E-state index contributed by atoms with van der Waals surface area (Å²) in [6.45, 7) is 6.25. The standard InChI is InChI=1S/C18H21NO4/c1-18(2,3)15-10-13(11-16(22-4)17(15)23-5)12-7-6-8-14(9-12)19(20)21/h6-11H,1-5H3. The fourth-order valence-electron chi connectivity index (χ4n) is 2.49. The highest BCUT2D eigenvalue weighted by atomic mass is 16.6. The van der Waals surface area contributed by atoms with Crippen molar-refractivity contribution >= 4 is 5.69 Å². The van der Waals surface area contributed by atoms with Crippen molar-refractivity contribution in [2.75, 3.05) is 14.2 Å². The molecular formula is C18H21NO4. The molecule has 2 aromatic rings. The molecule has 0 aliphatic carbocycles. The number of methoxy groups -OCH3 is 2. The van der Waals surface area contributed by atoms with Crippen LogP contribution in [0.25, 0.3) is 11.1 Å². The number of non-ortho nitro benzene ring substituents is 1. The first kappa shape index (κ1) is 16.8. The molecule has 23 heavy (non-hydrogen) atoms. The van der Waals surface area contributed by atoms with Crippen molar-refractivity contribution in [2.24, 2.45) is 0 Å². The van der Waals surface area contributed by atoms with E-state index >= 15 is 0 Å². The summed E-state index contributed by atoms with van der Waals surface area (Å²) >= 11 is 0. The highest BCUT2D eigenvalue weighted by molar-refractivity contribution is 5.71. The van der Waals surface area contributed by atoms with Crippen LogP contribution < -0.4 is 9.47 Å². The number of benzene rings is 2. The van der Waals surface area contributed by atoms with Gasteiger partial charge in [0.25, 0.3) is 5.69 Å². The maximum absolute atomic E-state index is 11.0. The summed E-state index contributed by atoms with van der Waals surface area (Å²) in [6, 6.07) is 10.4. The van der Waals surface area contributed by atoms with E-state index in [9.17, 15) is 10.1 Å². The Balaban J connectivity index is 2.69. The second-order valence-corrected chi connectivity index (χ2v) is 6.32. The van der Waals surface area contributed by atoms with Crippen molar-refractivity contribution in [3.63, 3.8) is 0 Å². The van der Waals surface area contributed by atoms with Crippen molar-refractivity contribution < 1.29 is 14.4 Å². The molecule has 2 aromatic carbocycles. The number of ether oxygens (including phenoxy) is 2. The van der Waals surface area contributed by atoms with Crippen LogP contribution in [0.15, 0.2) is 36.4 Å². The zero-order chi connectivity index (χ0) is 17.2. The highest BCUT2D eigenvalue weighted by Gasteiger charge is 2.23. The Labute approximate surface area is 136 Å². The van der Waals surface area contributed by atoms with E-state index in [-0.39, 0.29) is 11.1 Å². The topological polar surface area (TPSA) is 61.6 Å². The first-order chi connectivity index (χ1) is 10.8. The lowest BCUT2D eigenvalue weighted by molar-refractivity contribution is -0.384. The normalized spacial score (nSPS) is 11.2. The Morgan fingerprint density at radius 1 is 1.00 bits per heavy atom. The van der Waals surface area contributed by atoms with Gasteiger partial charge in [0.1, 0.15) is 0 Å². The van der Waals surface area contributed by atoms with Gasteiger partial charge in [-0.15, -0.1) is 0 Å². The van der Waals surface area contributed by atoms with Crippen LogP contribution in [0.4, 0.5) is 5.69 Å². The molecule has 0 aromatic heterocycles. The largest absolute Gasteiger partial charge is 0.493 e. The van der Waals surface area contributed by atoms with Crippen LogP contribution >= 0.6 is 0 Å². The van der Waals surface area contributed by atoms with E-state index in [2.05, 4.69) is 20.8 Å². The molecule has 0 N–H and O–H groups in total. The lowest BCUT2D eigenvalue weighted by Crippen LogP contribution is -2.13. The van der Waals surface area contributed by atoms with Gasteiger partial charge in [-0.25, -0.2) is 0 Å². The van der Waals surface area contributed by atoms with Gasteiger partial charge in [-0.1, -0.05) is 32.9 Å². The third-order valence-electron chi connectivity index (χ3n) is 3.68. The first-order valence-corrected chi connectivity index (χ1v) is 7.29. The molecule has 0 heterocycles. The van der Waals surface area contributed by atoms with E-state index in [1.54, 1.807) is 26.4 Å². The summed E-state index contributed by atoms with van der Waals surface area (Å²) in [5.74, 6) is 1.30. The van der Waals surface area contributed by atoms with Gasteiger partial charge < -0.3 is 9.47 Å². The van der Waals surface area contributed by atoms with Gasteiger partial charge >= 0.3 is 0 Å². The minimum atomic E-state index is -0.394. The summed E-state index contributed by atoms with van der Waals surface area (Å²) < 4.78 is 11.0. The molecule has 0 spiro atoms. The van der Waals surface area contributed by atoms with Gasteiger partial charge in [0.05, 0.1) is 19.1 Å². The molecule has 0 saturated heterocycles. The molecule has 0 aliphatic rings. The van der Waals surface area contributed by atoms with Crippen LogP contribution in [0.3, 0.4) is 0 Å². The number of hydrogen-bond acceptors (Lipinski definition) is 4. The monoisotopic (exact) mass is 315 g/mol. The summed E-state index contributed by atoms with van der Waals surface area (Å²) in [5, 5.41) is 11.0. The van der Waals surface area contributed by atoms with Gasteiger partial charge in [-0.3, -0.25) is 10.1 Å². The average molecular weight is 315 g/mol. The molecule has 0 amide bonds. The Kier molecular flexibility index (Phi) is 4.59. The van der Waals surface area contributed by atoms with Crippen LogP contribution in [0.1, 0.15) is 26.3 Å². The summed E-state index contributed by atoms with van der Waals surface area (Å²) in [6.07, 6.45) is 0. The molecule has 0 atom stereocenters. The molecule has 0 aliphatic heterocycles. The van der Waals surface area contributed by atoms with Crippen molar-refractivity contribution in [2.45, 2.75) is 26.2 Å². The first-order valence-electron chi connectivity index (χ1n) is 7.29. The number of nitrogens with zero attached hydrogens (tertiary/aromatic N) is 1. The molecule has 0 bridgehead atoms. The smallest absolute Gasteiger partial charge is 0.270 e. The molecule has 0 unspecified atom stereocenters. The Hall–Kier alpha value is -2.56. The van der Waals surface area contributed by atoms with E-state index in [4.69, 9.17) is 9.47 Å². The van der Waals surface area contributed by atoms with Crippen molar-refractivity contribution in [3.8, 4) is 22.6 Å². The maximum atomic E-state index is 11.0. The summed E-state index contributed by atoms with van der Waals surface area (Å²) in [7, 11) is 3.20. The lowest BCUT2D eigenvalue weighted by atomic mass is 9.84. The molecule has 0 saturated carbocycles. The number of hydrogen-bond donors (Lipinski definition) is 0. The van der Waals surface area contributed by atoms with E-state index in [0.717, 1.165) is 16.7 Å². The Bertz CT molecular complexity index is 732. The van der Waals surface area contributed by atoms with E-state index in [0.29, 0.717) is 11.5 Å². The lowest BCUT2D eigenvalue weighted by Gasteiger charge is -2.24. The second-order valence-electron chi connectivity index (χ2n) is 6.32. The van der Waals surface area contributed by atoms with Crippen molar-refractivity contribution in [1.29, 1.82) is 0 Å². The minimum Gasteiger partial charge on any atom is -0.493 e. The Morgan fingerprint density at radius 3 is 2.22 bits per heavy atom. The molecule has 5 heteroatoms. The summed E-state index contributed by atoms with van der Waals surface area (Å²) in [4.78, 5) is 10.6. The van der Waals surface area contributed by atoms with Crippen molar-refractivity contribution in [3.05, 3.63) is 52.1 Å². The zero-order valence-electron chi connectivity index (χ0n) is 14.0. The van der Waals surface area contributed by atoms with Gasteiger partial charge in [0.15, 0.2) is 11.5 Å². The third kappa shape index (κ3) is 3.44. The van der Waals surface area contributed by atoms with E-state index in [1.807, 2.05) is 18.2 Å². The fraction of sp³-hybridized carbons (Fsp3) is 0.333. The van der Waals surface area contributed by atoms with Gasteiger partial charge in [-0.2, -0.15) is 0 Å². The average Bonchev–Trinajstić information content (AvgIpc) is 2.52. The number of nitro benzene ring substituents is 1. The van der Waals surface area contributed by atoms with Crippen LogP contribution in [-0.4, -0.2) is 19.1 Å². The Morgan fingerprint density at radius 2 is 1.70 bits per heavy atom. The van der Waals surface area contributed by atoms with Crippen LogP contribution in [0.2, 0.25) is 0 Å². The van der Waals surface area contributed by atoms with Gasteiger partial charge in [0, 0.05) is 17.7 Å². The molecule has 0 radical (unpaired) electrons. The molecule has 2 rings (SSSR count). The van der Waals surface area contributed by atoms with Crippen LogP contribution in [0.5, 0.6) is 11.5 Å². The van der Waals surface area contributed by atoms with Gasteiger partial charge in [-0.05, 0) is 28.7 Å². The summed E-state index contributed by atoms with van der Waals surface area (Å²) in [5.41, 5.74) is 2.52. The second kappa shape index (κ2) is 6.28. The zero-order valence-corrected chi connectivity index (χ0v) is 14.0. The highest BCUT2D eigenvalue weighted by Crippen LogP contribution is 2.42. The van der Waals surface area contributed by atoms with Crippen molar-refractivity contribution in [1.82, 2.24) is 0 Å².